The maximum Gasteiger partial charge on any atom is 0.341 e. The van der Waals surface area contributed by atoms with Crippen LogP contribution in [0.15, 0.2) is 72.9 Å². The average Bonchev–Trinajstić information content (AvgIpc) is 2.80. The van der Waals surface area contributed by atoms with Gasteiger partial charge in [0.1, 0.15) is 11.7 Å². The summed E-state index contributed by atoms with van der Waals surface area (Å²) in [4.78, 5) is 17.3. The van der Waals surface area contributed by atoms with Crippen molar-refractivity contribution in [3.63, 3.8) is 0 Å². The smallest absolute Gasteiger partial charge is 0.341 e. The number of nitrogens with one attached hydrogen (secondary N) is 1. The van der Waals surface area contributed by atoms with Crippen molar-refractivity contribution in [2.24, 2.45) is 0 Å². The minimum Gasteiger partial charge on any atom is -0.462 e. The van der Waals surface area contributed by atoms with Gasteiger partial charge in [-0.1, -0.05) is 66.2 Å². The van der Waals surface area contributed by atoms with Gasteiger partial charge in [-0.3, -0.25) is 4.98 Å². The van der Waals surface area contributed by atoms with E-state index >= 15 is 0 Å². The Bertz CT molecular complexity index is 1270. The summed E-state index contributed by atoms with van der Waals surface area (Å²) in [7, 11) is 0. The number of carbonyl (C=O) groups is 1. The third-order valence-corrected chi connectivity index (χ3v) is 5.52. The number of carbonyl (C=O) groups excluding carboxylic acids is 1. The molecule has 1 unspecified atom stereocenters. The summed E-state index contributed by atoms with van der Waals surface area (Å²) in [5.74, 6) is -0.442. The predicted octanol–water partition coefficient (Wildman–Crippen LogP) is 5.85. The molecule has 0 aliphatic heterocycles. The van der Waals surface area contributed by atoms with Crippen molar-refractivity contribution in [3.05, 3.63) is 101 Å². The van der Waals surface area contributed by atoms with E-state index < -0.39 is 12.1 Å². The van der Waals surface area contributed by atoms with Crippen LogP contribution in [0, 0.1) is 13.8 Å². The molecule has 0 spiro atoms. The van der Waals surface area contributed by atoms with E-state index in [1.165, 1.54) is 6.20 Å². The maximum absolute atomic E-state index is 12.7. The van der Waals surface area contributed by atoms with Gasteiger partial charge in [0, 0.05) is 22.8 Å². The molecule has 0 amide bonds. The van der Waals surface area contributed by atoms with E-state index in [1.54, 1.807) is 6.92 Å². The number of hydrogen-bond acceptors (Lipinski definition) is 5. The molecule has 5 heteroatoms. The van der Waals surface area contributed by atoms with Crippen LogP contribution < -0.4 is 5.32 Å². The molecule has 1 atom stereocenters. The highest BCUT2D eigenvalue weighted by Gasteiger charge is 2.21. The summed E-state index contributed by atoms with van der Waals surface area (Å²) in [5.41, 5.74) is 6.11. The number of ether oxygens (including phenoxy) is 1. The minimum atomic E-state index is -0.841. The number of fused-ring (bicyclic) bond motifs is 1. The van der Waals surface area contributed by atoms with Gasteiger partial charge in [0.2, 0.25) is 0 Å². The van der Waals surface area contributed by atoms with E-state index in [4.69, 9.17) is 4.74 Å². The number of aliphatic hydroxyl groups excluding tert-OH is 1. The molecule has 0 aliphatic carbocycles. The Morgan fingerprint density at radius 1 is 1.03 bits per heavy atom. The number of esters is 1. The fourth-order valence-corrected chi connectivity index (χ4v) is 3.74. The Kier molecular flexibility index (Phi) is 6.19. The molecular weight excluding hydrogens is 400 g/mol. The van der Waals surface area contributed by atoms with E-state index in [9.17, 15) is 9.90 Å². The average molecular weight is 427 g/mol. The molecule has 4 aromatic rings. The number of aryl methyl sites for hydroxylation is 2. The number of aromatic nitrogens is 1. The molecule has 0 aliphatic rings. The zero-order valence-electron chi connectivity index (χ0n) is 18.4. The molecule has 0 bridgehead atoms. The lowest BCUT2D eigenvalue weighted by Gasteiger charge is -2.18. The summed E-state index contributed by atoms with van der Waals surface area (Å²) in [6.45, 7) is 6.06. The lowest BCUT2D eigenvalue weighted by atomic mass is 9.96. The third-order valence-electron chi connectivity index (χ3n) is 5.52. The van der Waals surface area contributed by atoms with E-state index in [0.717, 1.165) is 27.8 Å². The van der Waals surface area contributed by atoms with Crippen LogP contribution >= 0.6 is 0 Å². The number of hydrogen-bond donors (Lipinski definition) is 2. The molecule has 1 heterocycles. The van der Waals surface area contributed by atoms with Crippen LogP contribution in [-0.2, 0) is 4.74 Å². The van der Waals surface area contributed by atoms with Gasteiger partial charge in [0.25, 0.3) is 0 Å². The summed E-state index contributed by atoms with van der Waals surface area (Å²) in [6, 6.07) is 21.3. The third kappa shape index (κ3) is 4.20. The van der Waals surface area contributed by atoms with Gasteiger partial charge in [-0.05, 0) is 38.0 Å². The maximum atomic E-state index is 12.7. The standard InChI is InChI=1S/C27H26N2O3/c1-4-32-27(31)22-16-28-24-20(25(22)29-23-11-6-5-8-18(23)3)9-7-10-21(24)26(30)19-14-12-17(2)13-15-19/h5-16,26,30H,4H2,1-3H3,(H,28,29). The second kappa shape index (κ2) is 9.20. The molecule has 4 rings (SSSR count). The van der Waals surface area contributed by atoms with E-state index in [0.29, 0.717) is 22.3 Å². The first kappa shape index (κ1) is 21.5. The molecule has 32 heavy (non-hydrogen) atoms. The summed E-state index contributed by atoms with van der Waals surface area (Å²) in [5, 5.41) is 15.3. The predicted molar refractivity (Wildman–Crippen MR) is 127 cm³/mol. The lowest BCUT2D eigenvalue weighted by Crippen LogP contribution is -2.10. The zero-order chi connectivity index (χ0) is 22.7. The van der Waals surface area contributed by atoms with Crippen molar-refractivity contribution in [3.8, 4) is 0 Å². The van der Waals surface area contributed by atoms with Gasteiger partial charge < -0.3 is 15.2 Å². The Balaban J connectivity index is 1.89. The van der Waals surface area contributed by atoms with Crippen LogP contribution in [0.3, 0.4) is 0 Å². The molecule has 3 aromatic carbocycles. The Morgan fingerprint density at radius 2 is 1.78 bits per heavy atom. The van der Waals surface area contributed by atoms with Gasteiger partial charge in [0.15, 0.2) is 0 Å². The molecule has 1 aromatic heterocycles. The van der Waals surface area contributed by atoms with E-state index in [-0.39, 0.29) is 6.61 Å². The topological polar surface area (TPSA) is 71.5 Å². The first-order chi connectivity index (χ1) is 15.5. The Labute approximate surface area is 187 Å². The van der Waals surface area contributed by atoms with Gasteiger partial charge in [-0.25, -0.2) is 4.79 Å². The first-order valence-corrected chi connectivity index (χ1v) is 10.7. The van der Waals surface area contributed by atoms with Gasteiger partial charge >= 0.3 is 5.97 Å². The van der Waals surface area contributed by atoms with Gasteiger partial charge in [-0.2, -0.15) is 0 Å². The van der Waals surface area contributed by atoms with Crippen LogP contribution in [0.25, 0.3) is 10.9 Å². The molecule has 5 nitrogen and oxygen atoms in total. The molecule has 162 valence electrons. The second-order valence-electron chi connectivity index (χ2n) is 7.76. The number of para-hydroxylation sites is 2. The van der Waals surface area contributed by atoms with Crippen molar-refractivity contribution in [2.75, 3.05) is 11.9 Å². The first-order valence-electron chi connectivity index (χ1n) is 10.7. The molecule has 0 radical (unpaired) electrons. The van der Waals surface area contributed by atoms with Crippen molar-refractivity contribution in [2.45, 2.75) is 26.9 Å². The molecular formula is C27H26N2O3. The summed E-state index contributed by atoms with van der Waals surface area (Å²) in [6.07, 6.45) is 0.679. The molecule has 2 N–H and O–H groups in total. The zero-order valence-corrected chi connectivity index (χ0v) is 18.4. The monoisotopic (exact) mass is 426 g/mol. The molecule has 0 saturated carbocycles. The highest BCUT2D eigenvalue weighted by Crippen LogP contribution is 2.35. The van der Waals surface area contributed by atoms with Gasteiger partial charge in [-0.15, -0.1) is 0 Å². The summed E-state index contributed by atoms with van der Waals surface area (Å²) >= 11 is 0. The van der Waals surface area contributed by atoms with Crippen LogP contribution in [0.2, 0.25) is 0 Å². The normalized spacial score (nSPS) is 11.9. The molecule has 0 saturated heterocycles. The van der Waals surface area contributed by atoms with E-state index in [1.807, 2.05) is 80.6 Å². The number of nitrogens with zero attached hydrogens (tertiary/aromatic N) is 1. The van der Waals surface area contributed by atoms with Crippen LogP contribution in [0.4, 0.5) is 11.4 Å². The van der Waals surface area contributed by atoms with Crippen molar-refractivity contribution in [1.29, 1.82) is 0 Å². The van der Waals surface area contributed by atoms with E-state index in [2.05, 4.69) is 10.3 Å². The minimum absolute atomic E-state index is 0.271. The van der Waals surface area contributed by atoms with Crippen molar-refractivity contribution in [1.82, 2.24) is 4.98 Å². The highest BCUT2D eigenvalue weighted by atomic mass is 16.5. The Hall–Kier alpha value is -3.70. The number of rotatable bonds is 6. The highest BCUT2D eigenvalue weighted by molar-refractivity contribution is 6.06. The second-order valence-corrected chi connectivity index (χ2v) is 7.76. The number of pyridine rings is 1. The lowest BCUT2D eigenvalue weighted by molar-refractivity contribution is 0.0527. The van der Waals surface area contributed by atoms with Crippen molar-refractivity contribution >= 4 is 28.2 Å². The number of benzene rings is 3. The SMILES string of the molecule is CCOC(=O)c1cnc2c(C(O)c3ccc(C)cc3)cccc2c1Nc1ccccc1C. The number of anilines is 2. The number of aliphatic hydroxyl groups is 1. The molecule has 0 fully saturated rings. The summed E-state index contributed by atoms with van der Waals surface area (Å²) < 4.78 is 5.28. The van der Waals surface area contributed by atoms with Crippen LogP contribution in [0.5, 0.6) is 0 Å². The fourth-order valence-electron chi connectivity index (χ4n) is 3.74. The van der Waals surface area contributed by atoms with Crippen molar-refractivity contribution < 1.29 is 14.6 Å². The fraction of sp³-hybridized carbons (Fsp3) is 0.185. The van der Waals surface area contributed by atoms with Crippen LogP contribution in [-0.4, -0.2) is 22.7 Å². The Morgan fingerprint density at radius 3 is 2.50 bits per heavy atom. The largest absolute Gasteiger partial charge is 0.462 e. The van der Waals surface area contributed by atoms with Crippen LogP contribution in [0.1, 0.15) is 45.6 Å². The van der Waals surface area contributed by atoms with Gasteiger partial charge in [0.05, 0.1) is 17.8 Å². The quantitative estimate of drug-likeness (QED) is 0.378.